The Hall–Kier alpha value is -2.67. The van der Waals surface area contributed by atoms with Crippen molar-refractivity contribution in [1.82, 2.24) is 9.97 Å². The summed E-state index contributed by atoms with van der Waals surface area (Å²) in [5.74, 6) is 0.366. The van der Waals surface area contributed by atoms with Crippen LogP contribution in [0.15, 0.2) is 48.5 Å². The van der Waals surface area contributed by atoms with Crippen LogP contribution < -0.4 is 11.1 Å². The van der Waals surface area contributed by atoms with E-state index < -0.39 is 0 Å². The second-order valence-electron chi connectivity index (χ2n) is 6.77. The number of thiophene rings is 1. The van der Waals surface area contributed by atoms with E-state index in [2.05, 4.69) is 22.4 Å². The molecule has 4 aromatic rings. The van der Waals surface area contributed by atoms with Crippen molar-refractivity contribution in [1.29, 1.82) is 0 Å². The Balaban J connectivity index is 1.76. The lowest BCUT2D eigenvalue weighted by Gasteiger charge is -2.10. The summed E-state index contributed by atoms with van der Waals surface area (Å²) in [6, 6.07) is 15.4. The maximum atomic E-state index is 12.0. The Morgan fingerprint density at radius 1 is 1.10 bits per heavy atom. The average molecular weight is 457 g/mol. The number of nitrogens with one attached hydrogen (secondary N) is 1. The third-order valence-electron chi connectivity index (χ3n) is 4.64. The molecule has 152 valence electrons. The predicted octanol–water partition coefficient (Wildman–Crippen LogP) is 6.10. The highest BCUT2D eigenvalue weighted by atomic mass is 35.5. The zero-order valence-electron chi connectivity index (χ0n) is 16.1. The number of benzene rings is 2. The number of nitrogens with two attached hydrogens (primary N) is 1. The molecular formula is C22H18Cl2N4OS. The van der Waals surface area contributed by atoms with Gasteiger partial charge in [-0.3, -0.25) is 4.79 Å². The lowest BCUT2D eigenvalue weighted by Crippen LogP contribution is -2.08. The molecule has 0 saturated heterocycles. The number of hydrogen-bond donors (Lipinski definition) is 2. The molecule has 2 heterocycles. The lowest BCUT2D eigenvalue weighted by molar-refractivity contribution is 0.102. The maximum Gasteiger partial charge on any atom is 0.224 e. The molecule has 0 fully saturated rings. The van der Waals surface area contributed by atoms with Crippen molar-refractivity contribution in [2.24, 2.45) is 0 Å². The van der Waals surface area contributed by atoms with Crippen LogP contribution in [0.1, 0.15) is 22.2 Å². The molecule has 3 N–H and O–H groups in total. The zero-order chi connectivity index (χ0) is 21.3. The van der Waals surface area contributed by atoms with Crippen LogP contribution in [0.4, 0.5) is 11.6 Å². The number of hydrogen-bond acceptors (Lipinski definition) is 6. The predicted molar refractivity (Wildman–Crippen MR) is 126 cm³/mol. The van der Waals surface area contributed by atoms with Gasteiger partial charge in [-0.15, -0.1) is 11.3 Å². The largest absolute Gasteiger partial charge is 0.397 e. The third kappa shape index (κ3) is 4.12. The Bertz CT molecular complexity index is 1240. The van der Waals surface area contributed by atoms with Crippen molar-refractivity contribution in [3.05, 3.63) is 69.0 Å². The van der Waals surface area contributed by atoms with Gasteiger partial charge in [-0.05, 0) is 24.1 Å². The highest BCUT2D eigenvalue weighted by Gasteiger charge is 2.20. The lowest BCUT2D eigenvalue weighted by atomic mass is 10.1. The zero-order valence-corrected chi connectivity index (χ0v) is 18.4. The molecule has 0 amide bonds. The number of carbonyl (C=O) groups is 1. The van der Waals surface area contributed by atoms with Gasteiger partial charge in [0.1, 0.15) is 4.83 Å². The fourth-order valence-electron chi connectivity index (χ4n) is 3.18. The van der Waals surface area contributed by atoms with Crippen molar-refractivity contribution in [3.8, 4) is 11.3 Å². The normalized spacial score (nSPS) is 11.0. The van der Waals surface area contributed by atoms with E-state index >= 15 is 0 Å². The summed E-state index contributed by atoms with van der Waals surface area (Å²) >= 11 is 13.6. The van der Waals surface area contributed by atoms with Crippen LogP contribution >= 0.6 is 34.5 Å². The van der Waals surface area contributed by atoms with E-state index in [9.17, 15) is 4.79 Å². The molecule has 8 heteroatoms. The van der Waals surface area contributed by atoms with Crippen LogP contribution in [0.25, 0.3) is 21.5 Å². The summed E-state index contributed by atoms with van der Waals surface area (Å²) in [5.41, 5.74) is 9.27. The monoisotopic (exact) mass is 456 g/mol. The van der Waals surface area contributed by atoms with Gasteiger partial charge in [0.05, 0.1) is 31.7 Å². The molecule has 2 aromatic heterocycles. The van der Waals surface area contributed by atoms with Gasteiger partial charge in [0.2, 0.25) is 5.95 Å². The van der Waals surface area contributed by atoms with Crippen LogP contribution in [-0.4, -0.2) is 22.3 Å². The number of aromatic nitrogens is 2. The van der Waals surface area contributed by atoms with E-state index in [0.29, 0.717) is 49.0 Å². The highest BCUT2D eigenvalue weighted by Crippen LogP contribution is 2.40. The second-order valence-corrected chi connectivity index (χ2v) is 8.58. The molecule has 30 heavy (non-hydrogen) atoms. The van der Waals surface area contributed by atoms with E-state index in [4.69, 9.17) is 33.9 Å². The minimum absolute atomic E-state index is 0.103. The van der Waals surface area contributed by atoms with Crippen molar-refractivity contribution >= 4 is 62.2 Å². The molecular weight excluding hydrogens is 439 g/mol. The van der Waals surface area contributed by atoms with Gasteiger partial charge in [0, 0.05) is 19.0 Å². The van der Waals surface area contributed by atoms with Crippen LogP contribution in [0, 0.1) is 0 Å². The van der Waals surface area contributed by atoms with Gasteiger partial charge in [-0.2, -0.15) is 0 Å². The molecule has 0 aliphatic rings. The van der Waals surface area contributed by atoms with E-state index in [1.807, 2.05) is 24.3 Å². The maximum absolute atomic E-state index is 12.0. The number of nitrogens with zero attached hydrogens (tertiary/aromatic N) is 2. The molecule has 0 aliphatic heterocycles. The molecule has 2 aromatic carbocycles. The highest BCUT2D eigenvalue weighted by molar-refractivity contribution is 7.21. The molecule has 0 spiro atoms. The van der Waals surface area contributed by atoms with E-state index in [1.54, 1.807) is 12.1 Å². The molecule has 0 saturated carbocycles. The fraction of sp³-hybridized carbons (Fsp3) is 0.136. The second kappa shape index (κ2) is 8.60. The summed E-state index contributed by atoms with van der Waals surface area (Å²) in [7, 11) is 0. The smallest absolute Gasteiger partial charge is 0.224 e. The Morgan fingerprint density at radius 2 is 1.87 bits per heavy atom. The standard InChI is InChI=1S/C22H18Cl2N4OS/c1-12(29)20-18(25)17-19(14-7-8-15(23)16(24)11-14)27-22(28-21(17)30-20)26-10-9-13-5-3-2-4-6-13/h2-8,11H,9-10,25H2,1H3,(H,26,27,28). The van der Waals surface area contributed by atoms with Gasteiger partial charge >= 0.3 is 0 Å². The molecule has 5 nitrogen and oxygen atoms in total. The number of fused-ring (bicyclic) bond motifs is 1. The van der Waals surface area contributed by atoms with Crippen molar-refractivity contribution < 1.29 is 4.79 Å². The average Bonchev–Trinajstić information content (AvgIpc) is 3.07. The molecule has 0 aliphatic carbocycles. The van der Waals surface area contributed by atoms with Gasteiger partial charge in [0.25, 0.3) is 0 Å². The van der Waals surface area contributed by atoms with Gasteiger partial charge in [-0.25, -0.2) is 9.97 Å². The summed E-state index contributed by atoms with van der Waals surface area (Å²) in [6.45, 7) is 2.16. The minimum atomic E-state index is -0.103. The summed E-state index contributed by atoms with van der Waals surface area (Å²) in [5, 5.41) is 4.80. The van der Waals surface area contributed by atoms with Crippen molar-refractivity contribution in [2.75, 3.05) is 17.6 Å². The molecule has 0 unspecified atom stereocenters. The van der Waals surface area contributed by atoms with Gasteiger partial charge in [0.15, 0.2) is 5.78 Å². The van der Waals surface area contributed by atoms with Crippen LogP contribution in [0.5, 0.6) is 0 Å². The first-order valence-corrected chi connectivity index (χ1v) is 10.9. The van der Waals surface area contributed by atoms with E-state index in [0.717, 1.165) is 12.0 Å². The molecule has 0 radical (unpaired) electrons. The summed E-state index contributed by atoms with van der Waals surface area (Å²) in [4.78, 5) is 22.4. The topological polar surface area (TPSA) is 80.9 Å². The molecule has 4 rings (SSSR count). The SMILES string of the molecule is CC(=O)c1sc2nc(NCCc3ccccc3)nc(-c3ccc(Cl)c(Cl)c3)c2c1N. The van der Waals surface area contributed by atoms with Gasteiger partial charge < -0.3 is 11.1 Å². The van der Waals surface area contributed by atoms with Gasteiger partial charge in [-0.1, -0.05) is 59.6 Å². The molecule has 0 bridgehead atoms. The Morgan fingerprint density at radius 3 is 2.57 bits per heavy atom. The van der Waals surface area contributed by atoms with Crippen molar-refractivity contribution in [2.45, 2.75) is 13.3 Å². The number of Topliss-reactive ketones (excluding diaryl/α,β-unsaturated/α-hetero) is 1. The number of carbonyl (C=O) groups excluding carboxylic acids is 1. The third-order valence-corrected chi connectivity index (χ3v) is 6.58. The Kier molecular flexibility index (Phi) is 5.90. The fourth-order valence-corrected chi connectivity index (χ4v) is 4.47. The number of halogens is 2. The first-order chi connectivity index (χ1) is 14.4. The summed E-state index contributed by atoms with van der Waals surface area (Å²) in [6.07, 6.45) is 0.829. The molecule has 0 atom stereocenters. The van der Waals surface area contributed by atoms with Crippen molar-refractivity contribution in [3.63, 3.8) is 0 Å². The number of ketones is 1. The quantitative estimate of drug-likeness (QED) is 0.342. The van der Waals surface area contributed by atoms with Crippen LogP contribution in [0.3, 0.4) is 0 Å². The van der Waals surface area contributed by atoms with E-state index in [1.165, 1.54) is 23.8 Å². The summed E-state index contributed by atoms with van der Waals surface area (Å²) < 4.78 is 0. The first-order valence-electron chi connectivity index (χ1n) is 9.28. The first kappa shape index (κ1) is 20.6. The number of anilines is 2. The Labute approximate surface area is 187 Å². The van der Waals surface area contributed by atoms with E-state index in [-0.39, 0.29) is 5.78 Å². The van der Waals surface area contributed by atoms with Crippen LogP contribution in [-0.2, 0) is 6.42 Å². The number of rotatable bonds is 6. The minimum Gasteiger partial charge on any atom is -0.397 e. The van der Waals surface area contributed by atoms with Crippen LogP contribution in [0.2, 0.25) is 10.0 Å². The number of nitrogen functional groups attached to an aromatic ring is 1.